The van der Waals surface area contributed by atoms with E-state index in [-0.39, 0.29) is 17.9 Å². The lowest BCUT2D eigenvalue weighted by Gasteiger charge is -2.11. The lowest BCUT2D eigenvalue weighted by molar-refractivity contribution is 0.0935. The zero-order chi connectivity index (χ0) is 14.9. The van der Waals surface area contributed by atoms with E-state index in [4.69, 9.17) is 11.6 Å². The summed E-state index contributed by atoms with van der Waals surface area (Å²) < 4.78 is 1.58. The molecule has 5 nitrogen and oxygen atoms in total. The van der Waals surface area contributed by atoms with Gasteiger partial charge < -0.3 is 10.4 Å². The average Bonchev–Trinajstić information content (AvgIpc) is 3.12. The summed E-state index contributed by atoms with van der Waals surface area (Å²) in [5.41, 5.74) is 1.10. The predicted octanol–water partition coefficient (Wildman–Crippen LogP) is 2.03. The Morgan fingerprint density at radius 1 is 1.43 bits per heavy atom. The molecule has 1 aliphatic carbocycles. The highest BCUT2D eigenvalue weighted by molar-refractivity contribution is 6.32. The minimum absolute atomic E-state index is 0.103. The van der Waals surface area contributed by atoms with E-state index in [2.05, 4.69) is 10.4 Å². The van der Waals surface area contributed by atoms with Crippen molar-refractivity contribution in [2.75, 3.05) is 13.2 Å². The van der Waals surface area contributed by atoms with Gasteiger partial charge in [-0.1, -0.05) is 23.7 Å². The van der Waals surface area contributed by atoms with Crippen LogP contribution < -0.4 is 5.32 Å². The molecule has 1 aromatic heterocycles. The summed E-state index contributed by atoms with van der Waals surface area (Å²) in [7, 11) is 0. The third-order valence-electron chi connectivity index (χ3n) is 3.86. The first kappa shape index (κ1) is 14.1. The Hall–Kier alpha value is -1.85. The van der Waals surface area contributed by atoms with Crippen LogP contribution in [-0.4, -0.2) is 33.9 Å². The van der Waals surface area contributed by atoms with Gasteiger partial charge in [-0.2, -0.15) is 5.10 Å². The SMILES string of the molecule is O=C(NCC1(CO)CC1)c1cnn(-c2ccccc2Cl)c1. The normalized spacial score (nSPS) is 15.7. The first-order chi connectivity index (χ1) is 10.1. The molecule has 1 amide bonds. The van der Waals surface area contributed by atoms with Crippen molar-refractivity contribution in [3.8, 4) is 5.69 Å². The van der Waals surface area contributed by atoms with Crippen molar-refractivity contribution in [3.63, 3.8) is 0 Å². The molecule has 0 radical (unpaired) electrons. The Balaban J connectivity index is 1.70. The van der Waals surface area contributed by atoms with Crippen LogP contribution in [0.2, 0.25) is 5.02 Å². The van der Waals surface area contributed by atoms with Crippen molar-refractivity contribution in [1.29, 1.82) is 0 Å². The van der Waals surface area contributed by atoms with Crippen molar-refractivity contribution in [2.24, 2.45) is 5.41 Å². The molecule has 2 aromatic rings. The largest absolute Gasteiger partial charge is 0.396 e. The molecule has 1 heterocycles. The highest BCUT2D eigenvalue weighted by atomic mass is 35.5. The number of carbonyl (C=O) groups excluding carboxylic acids is 1. The summed E-state index contributed by atoms with van der Waals surface area (Å²) in [5.74, 6) is -0.187. The molecule has 21 heavy (non-hydrogen) atoms. The Labute approximate surface area is 127 Å². The molecular formula is C15H16ClN3O2. The highest BCUT2D eigenvalue weighted by Crippen LogP contribution is 2.44. The monoisotopic (exact) mass is 305 g/mol. The highest BCUT2D eigenvalue weighted by Gasteiger charge is 2.42. The van der Waals surface area contributed by atoms with E-state index in [9.17, 15) is 9.90 Å². The number of hydrogen-bond donors (Lipinski definition) is 2. The van der Waals surface area contributed by atoms with Crippen LogP contribution in [0.1, 0.15) is 23.2 Å². The molecule has 0 spiro atoms. The number of nitrogens with one attached hydrogen (secondary N) is 1. The van der Waals surface area contributed by atoms with Crippen molar-refractivity contribution in [1.82, 2.24) is 15.1 Å². The molecule has 0 atom stereocenters. The van der Waals surface area contributed by atoms with Crippen molar-refractivity contribution >= 4 is 17.5 Å². The second-order valence-electron chi connectivity index (χ2n) is 5.47. The third-order valence-corrected chi connectivity index (χ3v) is 4.18. The van der Waals surface area contributed by atoms with Gasteiger partial charge in [0.05, 0.1) is 29.1 Å². The van der Waals surface area contributed by atoms with Crippen LogP contribution in [0.3, 0.4) is 0 Å². The fourth-order valence-electron chi connectivity index (χ4n) is 2.15. The van der Waals surface area contributed by atoms with E-state index >= 15 is 0 Å². The predicted molar refractivity (Wildman–Crippen MR) is 79.7 cm³/mol. The van der Waals surface area contributed by atoms with Gasteiger partial charge in [0.25, 0.3) is 5.91 Å². The lowest BCUT2D eigenvalue weighted by atomic mass is 10.1. The van der Waals surface area contributed by atoms with Gasteiger partial charge in [0, 0.05) is 18.2 Å². The van der Waals surface area contributed by atoms with Crippen LogP contribution in [0.4, 0.5) is 0 Å². The molecular weight excluding hydrogens is 290 g/mol. The molecule has 6 heteroatoms. The Morgan fingerprint density at radius 2 is 2.19 bits per heavy atom. The van der Waals surface area contributed by atoms with E-state index in [1.807, 2.05) is 18.2 Å². The summed E-state index contributed by atoms with van der Waals surface area (Å²) in [5, 5.41) is 16.8. The molecule has 0 unspecified atom stereocenters. The molecule has 0 saturated heterocycles. The van der Waals surface area contributed by atoms with Gasteiger partial charge >= 0.3 is 0 Å². The minimum Gasteiger partial charge on any atom is -0.396 e. The number of aliphatic hydroxyl groups excluding tert-OH is 1. The van der Waals surface area contributed by atoms with E-state index < -0.39 is 0 Å². The molecule has 1 fully saturated rings. The second kappa shape index (κ2) is 5.50. The van der Waals surface area contributed by atoms with Crippen LogP contribution in [0, 0.1) is 5.41 Å². The molecule has 110 valence electrons. The van der Waals surface area contributed by atoms with Gasteiger partial charge in [0.2, 0.25) is 0 Å². The maximum absolute atomic E-state index is 12.1. The van der Waals surface area contributed by atoms with E-state index in [1.54, 1.807) is 16.9 Å². The van der Waals surface area contributed by atoms with Gasteiger partial charge in [-0.05, 0) is 25.0 Å². The molecule has 1 aromatic carbocycles. The number of rotatable bonds is 5. The average molecular weight is 306 g/mol. The van der Waals surface area contributed by atoms with Crippen LogP contribution in [0.25, 0.3) is 5.69 Å². The Bertz CT molecular complexity index is 664. The fraction of sp³-hybridized carbons (Fsp3) is 0.333. The second-order valence-corrected chi connectivity index (χ2v) is 5.87. The van der Waals surface area contributed by atoms with E-state index in [0.717, 1.165) is 18.5 Å². The Morgan fingerprint density at radius 3 is 2.86 bits per heavy atom. The first-order valence-electron chi connectivity index (χ1n) is 6.82. The van der Waals surface area contributed by atoms with E-state index in [0.29, 0.717) is 17.1 Å². The number of benzene rings is 1. The van der Waals surface area contributed by atoms with Crippen molar-refractivity contribution in [3.05, 3.63) is 47.2 Å². The Kier molecular flexibility index (Phi) is 3.69. The third kappa shape index (κ3) is 2.94. The summed E-state index contributed by atoms with van der Waals surface area (Å²) in [6.45, 7) is 0.617. The van der Waals surface area contributed by atoms with Gasteiger partial charge in [0.1, 0.15) is 0 Å². The number of nitrogens with zero attached hydrogens (tertiary/aromatic N) is 2. The van der Waals surface area contributed by atoms with Crippen molar-refractivity contribution in [2.45, 2.75) is 12.8 Å². The summed E-state index contributed by atoms with van der Waals surface area (Å²) in [6.07, 6.45) is 5.08. The number of aromatic nitrogens is 2. The molecule has 1 saturated carbocycles. The molecule has 3 rings (SSSR count). The van der Waals surface area contributed by atoms with Crippen LogP contribution >= 0.6 is 11.6 Å². The molecule has 0 bridgehead atoms. The van der Waals surface area contributed by atoms with Gasteiger partial charge in [-0.3, -0.25) is 4.79 Å². The number of amides is 1. The standard InChI is InChI=1S/C15H16ClN3O2/c16-12-3-1-2-4-13(12)19-8-11(7-18-19)14(21)17-9-15(10-20)5-6-15/h1-4,7-8,20H,5-6,9-10H2,(H,17,21). The van der Waals surface area contributed by atoms with Crippen LogP contribution in [0.15, 0.2) is 36.7 Å². The van der Waals surface area contributed by atoms with Crippen LogP contribution in [-0.2, 0) is 0 Å². The maximum atomic E-state index is 12.1. The number of hydrogen-bond acceptors (Lipinski definition) is 3. The first-order valence-corrected chi connectivity index (χ1v) is 7.20. The summed E-state index contributed by atoms with van der Waals surface area (Å²) in [6, 6.07) is 7.31. The maximum Gasteiger partial charge on any atom is 0.254 e. The zero-order valence-electron chi connectivity index (χ0n) is 11.4. The van der Waals surface area contributed by atoms with Gasteiger partial charge in [-0.25, -0.2) is 4.68 Å². The van der Waals surface area contributed by atoms with E-state index in [1.165, 1.54) is 6.20 Å². The summed E-state index contributed by atoms with van der Waals surface area (Å²) in [4.78, 5) is 12.1. The minimum atomic E-state index is -0.187. The number of carbonyl (C=O) groups is 1. The quantitative estimate of drug-likeness (QED) is 0.888. The van der Waals surface area contributed by atoms with Gasteiger partial charge in [0.15, 0.2) is 0 Å². The molecule has 0 aliphatic heterocycles. The topological polar surface area (TPSA) is 67.2 Å². The van der Waals surface area contributed by atoms with Gasteiger partial charge in [-0.15, -0.1) is 0 Å². The number of para-hydroxylation sites is 1. The smallest absolute Gasteiger partial charge is 0.254 e. The summed E-state index contributed by atoms with van der Waals surface area (Å²) >= 11 is 6.11. The molecule has 1 aliphatic rings. The van der Waals surface area contributed by atoms with Crippen LogP contribution in [0.5, 0.6) is 0 Å². The zero-order valence-corrected chi connectivity index (χ0v) is 12.2. The fourth-order valence-corrected chi connectivity index (χ4v) is 2.37. The lowest BCUT2D eigenvalue weighted by Crippen LogP contribution is -2.31. The molecule has 2 N–H and O–H groups in total. The van der Waals surface area contributed by atoms with Crippen molar-refractivity contribution < 1.29 is 9.90 Å². The number of aliphatic hydroxyl groups is 1. The number of halogens is 1.